The van der Waals surface area contributed by atoms with Gasteiger partial charge in [-0.25, -0.2) is 9.96 Å². The first-order valence-corrected chi connectivity index (χ1v) is 10.7. The SMILES string of the molecule is O=C1[C@@H]2[C@H](ON(c3ccccc3)[C@H]2c2ccccc2)C(=O)N1c1cccc2ccccc12. The van der Waals surface area contributed by atoms with Crippen LogP contribution in [0.5, 0.6) is 0 Å². The molecule has 32 heavy (non-hydrogen) atoms. The molecule has 0 spiro atoms. The number of anilines is 2. The molecule has 2 aliphatic heterocycles. The van der Waals surface area contributed by atoms with Crippen LogP contribution in [0.1, 0.15) is 11.6 Å². The molecule has 6 rings (SSSR count). The lowest BCUT2D eigenvalue weighted by molar-refractivity contribution is -0.126. The van der Waals surface area contributed by atoms with Crippen molar-refractivity contribution in [2.75, 3.05) is 9.96 Å². The zero-order valence-electron chi connectivity index (χ0n) is 17.2. The van der Waals surface area contributed by atoms with E-state index in [9.17, 15) is 9.59 Å². The maximum atomic E-state index is 13.8. The van der Waals surface area contributed by atoms with Crippen molar-refractivity contribution in [3.63, 3.8) is 0 Å². The van der Waals surface area contributed by atoms with Crippen LogP contribution in [0.2, 0.25) is 0 Å². The molecule has 0 bridgehead atoms. The Bertz CT molecular complexity index is 1320. The fourth-order valence-corrected chi connectivity index (χ4v) is 4.84. The van der Waals surface area contributed by atoms with Gasteiger partial charge < -0.3 is 0 Å². The maximum absolute atomic E-state index is 13.8. The van der Waals surface area contributed by atoms with E-state index in [1.807, 2.05) is 103 Å². The largest absolute Gasteiger partial charge is 0.273 e. The minimum atomic E-state index is -0.869. The average Bonchev–Trinajstić information content (AvgIpc) is 3.36. The monoisotopic (exact) mass is 420 g/mol. The molecule has 2 heterocycles. The summed E-state index contributed by atoms with van der Waals surface area (Å²) in [4.78, 5) is 34.9. The fraction of sp³-hybridized carbons (Fsp3) is 0.111. The van der Waals surface area contributed by atoms with Crippen LogP contribution in [-0.4, -0.2) is 17.9 Å². The van der Waals surface area contributed by atoms with Crippen LogP contribution >= 0.6 is 0 Å². The smallest absolute Gasteiger partial charge is 0.266 e. The highest BCUT2D eigenvalue weighted by atomic mass is 16.7. The molecule has 5 nitrogen and oxygen atoms in total. The Balaban J connectivity index is 1.47. The third-order valence-electron chi connectivity index (χ3n) is 6.27. The summed E-state index contributed by atoms with van der Waals surface area (Å²) in [5, 5.41) is 3.57. The summed E-state index contributed by atoms with van der Waals surface area (Å²) in [7, 11) is 0. The number of carbonyl (C=O) groups excluding carboxylic acids is 2. The molecule has 0 radical (unpaired) electrons. The Labute approximate surface area is 185 Å². The van der Waals surface area contributed by atoms with E-state index >= 15 is 0 Å². The molecule has 0 saturated carbocycles. The summed E-state index contributed by atoms with van der Waals surface area (Å²) >= 11 is 0. The molecule has 4 aromatic rings. The van der Waals surface area contributed by atoms with Gasteiger partial charge in [-0.15, -0.1) is 0 Å². The van der Waals surface area contributed by atoms with E-state index < -0.39 is 18.1 Å². The number of carbonyl (C=O) groups is 2. The molecule has 156 valence electrons. The van der Waals surface area contributed by atoms with E-state index in [1.54, 1.807) is 5.06 Å². The van der Waals surface area contributed by atoms with E-state index in [0.717, 1.165) is 22.0 Å². The molecule has 2 saturated heterocycles. The van der Waals surface area contributed by atoms with E-state index in [4.69, 9.17) is 4.84 Å². The van der Waals surface area contributed by atoms with E-state index in [2.05, 4.69) is 0 Å². The minimum absolute atomic E-state index is 0.233. The van der Waals surface area contributed by atoms with Gasteiger partial charge in [0.2, 0.25) is 5.91 Å². The third kappa shape index (κ3) is 2.75. The predicted molar refractivity (Wildman–Crippen MR) is 123 cm³/mol. The number of benzene rings is 4. The van der Waals surface area contributed by atoms with Crippen LogP contribution in [0.3, 0.4) is 0 Å². The summed E-state index contributed by atoms with van der Waals surface area (Å²) in [6.45, 7) is 0. The van der Waals surface area contributed by atoms with Crippen molar-refractivity contribution in [3.8, 4) is 0 Å². The molecule has 2 aliphatic rings. The number of hydroxylamine groups is 1. The zero-order valence-corrected chi connectivity index (χ0v) is 17.2. The number of hydrogen-bond donors (Lipinski definition) is 0. The number of amides is 2. The van der Waals surface area contributed by atoms with Gasteiger partial charge in [-0.2, -0.15) is 0 Å². The highest BCUT2D eigenvalue weighted by Crippen LogP contribution is 2.48. The number of nitrogens with zero attached hydrogens (tertiary/aromatic N) is 2. The first-order chi connectivity index (χ1) is 15.7. The molecule has 2 fully saturated rings. The van der Waals surface area contributed by atoms with Gasteiger partial charge in [-0.3, -0.25) is 14.4 Å². The molecule has 0 unspecified atom stereocenters. The van der Waals surface area contributed by atoms with E-state index in [0.29, 0.717) is 5.69 Å². The van der Waals surface area contributed by atoms with Crippen molar-refractivity contribution in [1.29, 1.82) is 0 Å². The van der Waals surface area contributed by atoms with Gasteiger partial charge in [0, 0.05) is 5.39 Å². The number of imide groups is 1. The van der Waals surface area contributed by atoms with Crippen LogP contribution < -0.4 is 9.96 Å². The van der Waals surface area contributed by atoms with E-state index in [-0.39, 0.29) is 11.8 Å². The second kappa shape index (κ2) is 7.32. The van der Waals surface area contributed by atoms with Gasteiger partial charge in [-0.05, 0) is 29.1 Å². The summed E-state index contributed by atoms with van der Waals surface area (Å²) < 4.78 is 0. The average molecular weight is 420 g/mol. The summed E-state index contributed by atoms with van der Waals surface area (Å²) in [6, 6.07) is 32.4. The highest BCUT2D eigenvalue weighted by molar-refractivity contribution is 6.26. The summed E-state index contributed by atoms with van der Waals surface area (Å²) in [5.41, 5.74) is 2.35. The maximum Gasteiger partial charge on any atom is 0.266 e. The van der Waals surface area contributed by atoms with E-state index in [1.165, 1.54) is 4.90 Å². The molecule has 4 aromatic carbocycles. The van der Waals surface area contributed by atoms with Crippen molar-refractivity contribution < 1.29 is 14.4 Å². The number of para-hydroxylation sites is 1. The summed E-state index contributed by atoms with van der Waals surface area (Å²) in [5.74, 6) is -1.19. The number of hydrogen-bond acceptors (Lipinski definition) is 4. The van der Waals surface area contributed by atoms with Gasteiger partial charge >= 0.3 is 0 Å². The summed E-state index contributed by atoms with van der Waals surface area (Å²) in [6.07, 6.45) is -0.869. The van der Waals surface area contributed by atoms with Gasteiger partial charge in [-0.1, -0.05) is 84.9 Å². The van der Waals surface area contributed by atoms with Crippen LogP contribution in [0.4, 0.5) is 11.4 Å². The van der Waals surface area contributed by atoms with Crippen LogP contribution in [0.25, 0.3) is 10.8 Å². The minimum Gasteiger partial charge on any atom is -0.273 e. The molecule has 5 heteroatoms. The Morgan fingerprint density at radius 3 is 2.09 bits per heavy atom. The Morgan fingerprint density at radius 2 is 1.31 bits per heavy atom. The van der Waals surface area contributed by atoms with Gasteiger partial charge in [0.25, 0.3) is 5.91 Å². The zero-order chi connectivity index (χ0) is 21.7. The normalized spacial score (nSPS) is 22.6. The molecule has 0 aliphatic carbocycles. The topological polar surface area (TPSA) is 49.9 Å². The second-order valence-electron chi connectivity index (χ2n) is 8.08. The van der Waals surface area contributed by atoms with Crippen molar-refractivity contribution >= 4 is 34.0 Å². The first kappa shape index (κ1) is 18.8. The quantitative estimate of drug-likeness (QED) is 0.443. The van der Waals surface area contributed by atoms with Crippen molar-refractivity contribution in [1.82, 2.24) is 0 Å². The lowest BCUT2D eigenvalue weighted by Crippen LogP contribution is -2.37. The van der Waals surface area contributed by atoms with Gasteiger partial charge in [0.05, 0.1) is 17.4 Å². The molecule has 2 amide bonds. The highest BCUT2D eigenvalue weighted by Gasteiger charge is 2.60. The number of rotatable bonds is 3. The van der Waals surface area contributed by atoms with Crippen LogP contribution in [-0.2, 0) is 14.4 Å². The van der Waals surface area contributed by atoms with Crippen molar-refractivity contribution in [2.45, 2.75) is 12.1 Å². The van der Waals surface area contributed by atoms with Gasteiger partial charge in [0.1, 0.15) is 5.92 Å². The molecule has 3 atom stereocenters. The standard InChI is InChI=1S/C27H20N2O3/c30-26-23-24(19-11-3-1-4-12-19)29(20-14-5-2-6-15-20)32-25(23)27(31)28(26)22-17-9-13-18-10-7-8-16-21(18)22/h1-17,23-25H/t23-,24-,25-/m0/s1. The van der Waals surface area contributed by atoms with Crippen LogP contribution in [0, 0.1) is 5.92 Å². The lowest BCUT2D eigenvalue weighted by Gasteiger charge is -2.29. The molecular formula is C27H20N2O3. The second-order valence-corrected chi connectivity index (χ2v) is 8.08. The lowest BCUT2D eigenvalue weighted by atomic mass is 9.90. The van der Waals surface area contributed by atoms with Crippen LogP contribution in [0.15, 0.2) is 103 Å². The Morgan fingerprint density at radius 1 is 0.656 bits per heavy atom. The van der Waals surface area contributed by atoms with Crippen molar-refractivity contribution in [2.24, 2.45) is 5.92 Å². The number of fused-ring (bicyclic) bond motifs is 2. The molecule has 0 N–H and O–H groups in total. The molecule has 0 aromatic heterocycles. The Kier molecular flexibility index (Phi) is 4.30. The van der Waals surface area contributed by atoms with Gasteiger partial charge in [0.15, 0.2) is 6.10 Å². The van der Waals surface area contributed by atoms with Crippen molar-refractivity contribution in [3.05, 3.63) is 109 Å². The predicted octanol–water partition coefficient (Wildman–Crippen LogP) is 4.89. The fourth-order valence-electron chi connectivity index (χ4n) is 4.84. The molecular weight excluding hydrogens is 400 g/mol. The Hall–Kier alpha value is -3.96. The third-order valence-corrected chi connectivity index (χ3v) is 6.27. The first-order valence-electron chi connectivity index (χ1n) is 10.7.